The molecule has 0 unspecified atom stereocenters. The molecule has 3 heterocycles. The number of halogens is 3. The summed E-state index contributed by atoms with van der Waals surface area (Å²) in [7, 11) is 1.83. The maximum absolute atomic E-state index is 14.1. The highest BCUT2D eigenvalue weighted by atomic mass is 19.4. The number of pyridine rings is 1. The number of amidine groups is 1. The van der Waals surface area contributed by atoms with Gasteiger partial charge in [0, 0.05) is 68.7 Å². The van der Waals surface area contributed by atoms with E-state index in [9.17, 15) is 18.0 Å². The summed E-state index contributed by atoms with van der Waals surface area (Å²) < 4.78 is 44.1. The van der Waals surface area contributed by atoms with Gasteiger partial charge in [-0.05, 0) is 74.0 Å². The van der Waals surface area contributed by atoms with Gasteiger partial charge in [0.15, 0.2) is 5.65 Å². The van der Waals surface area contributed by atoms with Gasteiger partial charge in [0.05, 0.1) is 23.3 Å². The van der Waals surface area contributed by atoms with Gasteiger partial charge in [0.25, 0.3) is 5.91 Å². The predicted molar refractivity (Wildman–Crippen MR) is 179 cm³/mol. The lowest BCUT2D eigenvalue weighted by molar-refractivity contribution is -0.138. The molecule has 1 saturated heterocycles. The second kappa shape index (κ2) is 14.8. The third-order valence-electron chi connectivity index (χ3n) is 8.25. The van der Waals surface area contributed by atoms with Crippen LogP contribution in [0.1, 0.15) is 51.7 Å². The van der Waals surface area contributed by atoms with Gasteiger partial charge in [0.1, 0.15) is 5.69 Å². The zero-order valence-electron chi connectivity index (χ0n) is 26.8. The first-order valence-electron chi connectivity index (χ1n) is 15.6. The molecule has 1 aliphatic rings. The molecule has 0 radical (unpaired) electrons. The van der Waals surface area contributed by atoms with E-state index in [-0.39, 0.29) is 23.4 Å². The summed E-state index contributed by atoms with van der Waals surface area (Å²) in [6, 6.07) is 12.7. The van der Waals surface area contributed by atoms with Crippen molar-refractivity contribution in [2.45, 2.75) is 33.0 Å². The monoisotopic (exact) mass is 644 g/mol. The number of alkyl halides is 3. The highest BCUT2D eigenvalue weighted by Gasteiger charge is 2.34. The molecule has 1 fully saturated rings. The third kappa shape index (κ3) is 8.37. The molecule has 5 rings (SSSR count). The molecule has 0 spiro atoms. The van der Waals surface area contributed by atoms with Crippen molar-refractivity contribution in [3.05, 3.63) is 94.4 Å². The minimum Gasteiger partial charge on any atom is -0.341 e. The van der Waals surface area contributed by atoms with Gasteiger partial charge in [0.2, 0.25) is 0 Å². The highest BCUT2D eigenvalue weighted by molar-refractivity contribution is 6.04. The number of aromatic nitrogens is 2. The Hall–Kier alpha value is -4.70. The van der Waals surface area contributed by atoms with Crippen molar-refractivity contribution in [3.63, 3.8) is 0 Å². The Kier molecular flexibility index (Phi) is 10.6. The second-order valence-electron chi connectivity index (χ2n) is 11.5. The largest absolute Gasteiger partial charge is 0.416 e. The summed E-state index contributed by atoms with van der Waals surface area (Å²) >= 11 is 0. The van der Waals surface area contributed by atoms with E-state index < -0.39 is 17.6 Å². The molecule has 246 valence electrons. The number of imidazole rings is 1. The number of piperazine rings is 1. The lowest BCUT2D eigenvalue weighted by atomic mass is 10.0. The molecule has 4 aromatic rings. The number of anilines is 2. The minimum atomic E-state index is -4.56. The van der Waals surface area contributed by atoms with Crippen LogP contribution in [0, 0.1) is 24.2 Å². The van der Waals surface area contributed by atoms with Crippen LogP contribution in [0.25, 0.3) is 5.65 Å². The fourth-order valence-corrected chi connectivity index (χ4v) is 5.47. The van der Waals surface area contributed by atoms with Gasteiger partial charge in [-0.3, -0.25) is 19.5 Å². The van der Waals surface area contributed by atoms with E-state index in [0.29, 0.717) is 54.5 Å². The van der Waals surface area contributed by atoms with Gasteiger partial charge in [-0.2, -0.15) is 13.2 Å². The zero-order chi connectivity index (χ0) is 33.6. The van der Waals surface area contributed by atoms with Crippen LogP contribution < -0.4 is 16.0 Å². The fourth-order valence-electron chi connectivity index (χ4n) is 5.47. The van der Waals surface area contributed by atoms with Crippen molar-refractivity contribution in [1.29, 1.82) is 5.41 Å². The van der Waals surface area contributed by atoms with Crippen LogP contribution in [0.5, 0.6) is 0 Å². The predicted octanol–water partition coefficient (Wildman–Crippen LogP) is 5.45. The molecular formula is C35H39F3N8O. The van der Waals surface area contributed by atoms with Gasteiger partial charge >= 0.3 is 6.18 Å². The number of rotatable bonds is 9. The molecule has 2 aromatic carbocycles. The smallest absolute Gasteiger partial charge is 0.341 e. The van der Waals surface area contributed by atoms with Crippen LogP contribution >= 0.6 is 0 Å². The number of nitrogens with one attached hydrogen (secondary N) is 4. The Morgan fingerprint density at radius 2 is 1.79 bits per heavy atom. The van der Waals surface area contributed by atoms with Crippen molar-refractivity contribution in [2.24, 2.45) is 0 Å². The second-order valence-corrected chi connectivity index (χ2v) is 11.5. The average Bonchev–Trinajstić information content (AvgIpc) is 3.48. The molecule has 0 bridgehead atoms. The van der Waals surface area contributed by atoms with E-state index in [1.807, 2.05) is 41.6 Å². The van der Waals surface area contributed by atoms with Crippen LogP contribution in [0.15, 0.2) is 60.9 Å². The molecule has 12 heteroatoms. The zero-order valence-corrected chi connectivity index (χ0v) is 26.8. The van der Waals surface area contributed by atoms with Gasteiger partial charge in [-0.15, -0.1) is 0 Å². The quantitative estimate of drug-likeness (QED) is 0.110. The van der Waals surface area contributed by atoms with E-state index in [1.54, 1.807) is 24.4 Å². The Balaban J connectivity index is 1.32. The summed E-state index contributed by atoms with van der Waals surface area (Å²) in [5, 5.41) is 16.9. The van der Waals surface area contributed by atoms with Crippen molar-refractivity contribution < 1.29 is 18.0 Å². The highest BCUT2D eigenvalue weighted by Crippen LogP contribution is 2.35. The number of carbonyl (C=O) groups is 1. The van der Waals surface area contributed by atoms with E-state index in [1.165, 1.54) is 12.1 Å². The molecule has 2 aromatic heterocycles. The number of aryl methyl sites for hydroxylation is 1. The Morgan fingerprint density at radius 3 is 2.51 bits per heavy atom. The topological polar surface area (TPSA) is 101 Å². The van der Waals surface area contributed by atoms with Crippen LogP contribution in [0.3, 0.4) is 0 Å². The summed E-state index contributed by atoms with van der Waals surface area (Å²) in [5.41, 5.74) is 3.16. The molecule has 0 atom stereocenters. The molecule has 0 aliphatic carbocycles. The summed E-state index contributed by atoms with van der Waals surface area (Å²) in [6.45, 7) is 8.83. The molecule has 4 N–H and O–H groups in total. The number of hydrogen-bond donors (Lipinski definition) is 4. The fraction of sp³-hybridized carbons (Fsp3) is 0.343. The lowest BCUT2D eigenvalue weighted by Crippen LogP contribution is -2.45. The molecule has 1 amide bonds. The Morgan fingerprint density at radius 1 is 1.02 bits per heavy atom. The summed E-state index contributed by atoms with van der Waals surface area (Å²) in [4.78, 5) is 22.0. The first-order chi connectivity index (χ1) is 22.5. The normalized spacial score (nSPS) is 14.1. The Bertz CT molecular complexity index is 1810. The summed E-state index contributed by atoms with van der Waals surface area (Å²) in [6.07, 6.45) is -0.543. The molecular weight excluding hydrogens is 605 g/mol. The SMILES string of the molecule is CCN1CCN(Cc2ccc(NC(=O)c3ccc(C)c(C#Cc4cnc5c(NC(=N)CCNC)cccn45)c3)cc2C(F)(F)F)CC1. The number of carbonyl (C=O) groups excluding carboxylic acids is 1. The molecule has 0 saturated carbocycles. The number of hydrogen-bond acceptors (Lipinski definition) is 6. The standard InChI is InChI=1S/C35H39F3N8O/c1-4-44-16-18-45(19-17-44)23-27-9-11-28(21-30(27)35(36,37)38)42-34(47)26-8-7-24(2)25(20-26)10-12-29-22-41-33-31(6-5-15-46(29)33)43-32(39)13-14-40-3/h5-9,11,15,20-22,40H,4,13-14,16-19,23H2,1-3H3,(H2,39,43)(H,42,47). The van der Waals surface area contributed by atoms with Gasteiger partial charge < -0.3 is 20.9 Å². The van der Waals surface area contributed by atoms with E-state index in [0.717, 1.165) is 31.3 Å². The number of nitrogens with zero attached hydrogens (tertiary/aromatic N) is 4. The Labute approximate surface area is 272 Å². The number of likely N-dealkylation sites (N-methyl/N-ethyl adjacent to an activating group) is 1. The molecule has 1 aliphatic heterocycles. The van der Waals surface area contributed by atoms with E-state index in [4.69, 9.17) is 5.41 Å². The minimum absolute atomic E-state index is 0.0734. The molecule has 9 nitrogen and oxygen atoms in total. The van der Waals surface area contributed by atoms with Crippen LogP contribution in [-0.2, 0) is 12.7 Å². The van der Waals surface area contributed by atoms with Crippen molar-refractivity contribution in [2.75, 3.05) is 56.9 Å². The lowest BCUT2D eigenvalue weighted by Gasteiger charge is -2.34. The van der Waals surface area contributed by atoms with Crippen molar-refractivity contribution >= 4 is 28.8 Å². The van der Waals surface area contributed by atoms with Crippen molar-refractivity contribution in [3.8, 4) is 11.8 Å². The maximum Gasteiger partial charge on any atom is 0.416 e. The van der Waals surface area contributed by atoms with Gasteiger partial charge in [-0.1, -0.05) is 25.0 Å². The van der Waals surface area contributed by atoms with Gasteiger partial charge in [-0.25, -0.2) is 4.98 Å². The number of fused-ring (bicyclic) bond motifs is 1. The number of amides is 1. The van der Waals surface area contributed by atoms with E-state index >= 15 is 0 Å². The van der Waals surface area contributed by atoms with Crippen LogP contribution in [0.2, 0.25) is 0 Å². The van der Waals surface area contributed by atoms with Crippen molar-refractivity contribution in [1.82, 2.24) is 24.5 Å². The van der Waals surface area contributed by atoms with Crippen LogP contribution in [-0.4, -0.2) is 77.2 Å². The average molecular weight is 645 g/mol. The maximum atomic E-state index is 14.1. The first kappa shape index (κ1) is 33.7. The molecule has 47 heavy (non-hydrogen) atoms. The summed E-state index contributed by atoms with van der Waals surface area (Å²) in [5.74, 6) is 6.07. The first-order valence-corrected chi connectivity index (χ1v) is 15.6. The number of benzene rings is 2. The van der Waals surface area contributed by atoms with Crippen LogP contribution in [0.4, 0.5) is 24.5 Å². The van der Waals surface area contributed by atoms with E-state index in [2.05, 4.69) is 44.6 Å². The third-order valence-corrected chi connectivity index (χ3v) is 8.25.